The van der Waals surface area contributed by atoms with Gasteiger partial charge in [0.25, 0.3) is 0 Å². The first-order chi connectivity index (χ1) is 14.3. The van der Waals surface area contributed by atoms with Crippen LogP contribution >= 0.6 is 0 Å². The summed E-state index contributed by atoms with van der Waals surface area (Å²) in [6.45, 7) is 6.39. The van der Waals surface area contributed by atoms with Crippen LogP contribution in [0.5, 0.6) is 0 Å². The minimum absolute atomic E-state index is 0.0913. The summed E-state index contributed by atoms with van der Waals surface area (Å²) < 4.78 is 5.90. The zero-order valence-corrected chi connectivity index (χ0v) is 16.9. The number of nitrogens with zero attached hydrogens (tertiary/aromatic N) is 3. The monoisotopic (exact) mass is 391 g/mol. The van der Waals surface area contributed by atoms with Crippen LogP contribution in [0.1, 0.15) is 12.8 Å². The second kappa shape index (κ2) is 8.07. The molecule has 0 N–H and O–H groups in total. The maximum Gasteiger partial charge on any atom is 0.410 e. The summed E-state index contributed by atoms with van der Waals surface area (Å²) in [6, 6.07) is 19.2. The van der Waals surface area contributed by atoms with Gasteiger partial charge in [0, 0.05) is 38.4 Å². The maximum atomic E-state index is 12.7. The van der Waals surface area contributed by atoms with E-state index in [1.807, 2.05) is 11.0 Å². The van der Waals surface area contributed by atoms with Crippen molar-refractivity contribution in [2.45, 2.75) is 18.9 Å². The van der Waals surface area contributed by atoms with Crippen LogP contribution in [0.25, 0.3) is 11.1 Å². The molecule has 6 rings (SSSR count). The summed E-state index contributed by atoms with van der Waals surface area (Å²) in [5, 5.41) is 0. The zero-order valence-electron chi connectivity index (χ0n) is 16.9. The molecule has 4 aliphatic rings. The highest BCUT2D eigenvalue weighted by Gasteiger charge is 2.37. The van der Waals surface area contributed by atoms with E-state index in [2.05, 4.69) is 58.3 Å². The number of amides is 1. The van der Waals surface area contributed by atoms with E-state index in [9.17, 15) is 4.79 Å². The van der Waals surface area contributed by atoms with Crippen molar-refractivity contribution in [2.75, 3.05) is 50.7 Å². The van der Waals surface area contributed by atoms with Crippen LogP contribution in [-0.4, -0.2) is 67.8 Å². The number of piperidine rings is 3. The number of ether oxygens (including phenoxy) is 1. The summed E-state index contributed by atoms with van der Waals surface area (Å²) in [7, 11) is 0. The van der Waals surface area contributed by atoms with E-state index in [1.165, 1.54) is 42.7 Å². The number of carbonyl (C=O) groups excluding carboxylic acids is 1. The molecule has 0 radical (unpaired) electrons. The normalized spacial score (nSPS) is 26.4. The molecular formula is C24H29N3O2. The number of benzene rings is 2. The van der Waals surface area contributed by atoms with Crippen molar-refractivity contribution in [2.24, 2.45) is 5.92 Å². The lowest BCUT2D eigenvalue weighted by atomic mass is 9.86. The molecule has 5 heteroatoms. The molecule has 1 atom stereocenters. The Bertz CT molecular complexity index is 823. The quantitative estimate of drug-likeness (QED) is 0.799. The molecule has 2 aromatic carbocycles. The minimum Gasteiger partial charge on any atom is -0.444 e. The Kier molecular flexibility index (Phi) is 5.15. The Labute approximate surface area is 172 Å². The van der Waals surface area contributed by atoms with Crippen LogP contribution in [0, 0.1) is 5.92 Å². The van der Waals surface area contributed by atoms with E-state index in [0.29, 0.717) is 5.92 Å². The van der Waals surface area contributed by atoms with Gasteiger partial charge < -0.3 is 14.5 Å². The average Bonchev–Trinajstić information content (AvgIpc) is 2.81. The molecular weight excluding hydrogens is 362 g/mol. The van der Waals surface area contributed by atoms with Gasteiger partial charge in [0.1, 0.15) is 6.10 Å². The highest BCUT2D eigenvalue weighted by molar-refractivity contribution is 5.69. The Morgan fingerprint density at radius 1 is 0.793 bits per heavy atom. The van der Waals surface area contributed by atoms with Gasteiger partial charge >= 0.3 is 6.09 Å². The van der Waals surface area contributed by atoms with Crippen molar-refractivity contribution >= 4 is 11.8 Å². The molecule has 2 bridgehead atoms. The van der Waals surface area contributed by atoms with Gasteiger partial charge in [-0.05, 0) is 55.1 Å². The van der Waals surface area contributed by atoms with Crippen LogP contribution in [-0.2, 0) is 4.74 Å². The third-order valence-electron chi connectivity index (χ3n) is 6.73. The standard InChI is InChI=1S/C24H29N3O2/c28-24(29-23-18-25-12-10-21(23)11-13-25)27-16-14-26(15-17-27)22-8-6-20(7-9-22)19-4-2-1-3-5-19/h1-9,21,23H,10-18H2. The molecule has 4 aliphatic heterocycles. The predicted octanol–water partition coefficient (Wildman–Crippen LogP) is 3.71. The van der Waals surface area contributed by atoms with Gasteiger partial charge in [-0.15, -0.1) is 0 Å². The summed E-state index contributed by atoms with van der Waals surface area (Å²) >= 11 is 0. The number of hydrogen-bond acceptors (Lipinski definition) is 4. The van der Waals surface area contributed by atoms with Gasteiger partial charge in [0.2, 0.25) is 0 Å². The molecule has 1 unspecified atom stereocenters. The lowest BCUT2D eigenvalue weighted by Crippen LogP contribution is -2.54. The van der Waals surface area contributed by atoms with Gasteiger partial charge in [-0.1, -0.05) is 42.5 Å². The van der Waals surface area contributed by atoms with E-state index in [1.54, 1.807) is 0 Å². The first-order valence-electron chi connectivity index (χ1n) is 10.8. The van der Waals surface area contributed by atoms with Gasteiger partial charge in [-0.3, -0.25) is 4.90 Å². The molecule has 2 aromatic rings. The van der Waals surface area contributed by atoms with Crippen LogP contribution in [0.3, 0.4) is 0 Å². The van der Waals surface area contributed by atoms with Crippen molar-refractivity contribution in [3.63, 3.8) is 0 Å². The van der Waals surface area contributed by atoms with Crippen LogP contribution in [0.2, 0.25) is 0 Å². The first-order valence-corrected chi connectivity index (χ1v) is 10.8. The minimum atomic E-state index is -0.122. The summed E-state index contributed by atoms with van der Waals surface area (Å²) in [5.41, 5.74) is 3.68. The summed E-state index contributed by atoms with van der Waals surface area (Å²) in [5.74, 6) is 0.563. The number of hydrogen-bond donors (Lipinski definition) is 0. The number of anilines is 1. The van der Waals surface area contributed by atoms with Gasteiger partial charge in [-0.25, -0.2) is 4.79 Å². The van der Waals surface area contributed by atoms with Crippen molar-refractivity contribution < 1.29 is 9.53 Å². The number of fused-ring (bicyclic) bond motifs is 3. The van der Waals surface area contributed by atoms with Crippen molar-refractivity contribution in [1.29, 1.82) is 0 Å². The van der Waals surface area contributed by atoms with E-state index in [0.717, 1.165) is 32.7 Å². The molecule has 5 nitrogen and oxygen atoms in total. The fraction of sp³-hybridized carbons (Fsp3) is 0.458. The van der Waals surface area contributed by atoms with E-state index < -0.39 is 0 Å². The Balaban J connectivity index is 1.15. The topological polar surface area (TPSA) is 36.0 Å². The molecule has 29 heavy (non-hydrogen) atoms. The average molecular weight is 392 g/mol. The van der Waals surface area contributed by atoms with E-state index in [-0.39, 0.29) is 12.2 Å². The van der Waals surface area contributed by atoms with E-state index >= 15 is 0 Å². The Morgan fingerprint density at radius 2 is 1.45 bits per heavy atom. The van der Waals surface area contributed by atoms with Crippen molar-refractivity contribution in [1.82, 2.24) is 9.80 Å². The number of rotatable bonds is 3. The van der Waals surface area contributed by atoms with Crippen LogP contribution in [0.4, 0.5) is 10.5 Å². The second-order valence-electron chi connectivity index (χ2n) is 8.45. The molecule has 152 valence electrons. The van der Waals surface area contributed by atoms with Crippen LogP contribution < -0.4 is 4.90 Å². The highest BCUT2D eigenvalue weighted by atomic mass is 16.6. The fourth-order valence-electron chi connectivity index (χ4n) is 4.89. The molecule has 0 saturated carbocycles. The molecule has 4 fully saturated rings. The maximum absolute atomic E-state index is 12.7. The van der Waals surface area contributed by atoms with Gasteiger partial charge in [0.05, 0.1) is 0 Å². The number of carbonyl (C=O) groups is 1. The molecule has 0 aromatic heterocycles. The number of piperazine rings is 1. The second-order valence-corrected chi connectivity index (χ2v) is 8.45. The third-order valence-corrected chi connectivity index (χ3v) is 6.73. The van der Waals surface area contributed by atoms with Gasteiger partial charge in [-0.2, -0.15) is 0 Å². The summed E-state index contributed by atoms with van der Waals surface area (Å²) in [6.07, 6.45) is 2.31. The largest absolute Gasteiger partial charge is 0.444 e. The molecule has 0 spiro atoms. The van der Waals surface area contributed by atoms with Gasteiger partial charge in [0.15, 0.2) is 0 Å². The predicted molar refractivity (Wildman–Crippen MR) is 115 cm³/mol. The van der Waals surface area contributed by atoms with Crippen molar-refractivity contribution in [3.8, 4) is 11.1 Å². The van der Waals surface area contributed by atoms with E-state index in [4.69, 9.17) is 4.74 Å². The lowest BCUT2D eigenvalue weighted by molar-refractivity contribution is -0.0439. The highest BCUT2D eigenvalue weighted by Crippen LogP contribution is 2.30. The zero-order chi connectivity index (χ0) is 19.6. The molecule has 4 heterocycles. The first kappa shape index (κ1) is 18.5. The third kappa shape index (κ3) is 3.97. The Morgan fingerprint density at radius 3 is 2.07 bits per heavy atom. The van der Waals surface area contributed by atoms with Crippen molar-refractivity contribution in [3.05, 3.63) is 54.6 Å². The molecule has 4 saturated heterocycles. The SMILES string of the molecule is O=C(OC1CN2CCC1CC2)N1CCN(c2ccc(-c3ccccc3)cc2)CC1. The molecule has 1 amide bonds. The molecule has 0 aliphatic carbocycles. The smallest absolute Gasteiger partial charge is 0.410 e. The lowest BCUT2D eigenvalue weighted by Gasteiger charge is -2.44. The summed E-state index contributed by atoms with van der Waals surface area (Å²) in [4.78, 5) is 19.3. The Hall–Kier alpha value is -2.53. The fourth-order valence-corrected chi connectivity index (χ4v) is 4.89. The van der Waals surface area contributed by atoms with Crippen LogP contribution in [0.15, 0.2) is 54.6 Å².